The van der Waals surface area contributed by atoms with Crippen molar-refractivity contribution in [3.63, 3.8) is 0 Å². The molecule has 0 saturated heterocycles. The quantitative estimate of drug-likeness (QED) is 0.822. The van der Waals surface area contributed by atoms with E-state index in [1.807, 2.05) is 6.92 Å². The van der Waals surface area contributed by atoms with E-state index in [2.05, 4.69) is 9.97 Å². The maximum Gasteiger partial charge on any atom is 0.263 e. The molecule has 16 heavy (non-hydrogen) atoms. The highest BCUT2D eigenvalue weighted by Gasteiger charge is 2.10. The van der Waals surface area contributed by atoms with Crippen LogP contribution >= 0.6 is 0 Å². The van der Waals surface area contributed by atoms with E-state index in [9.17, 15) is 8.78 Å². The summed E-state index contributed by atoms with van der Waals surface area (Å²) in [5.74, 6) is 0.324. The van der Waals surface area contributed by atoms with Gasteiger partial charge in [-0.3, -0.25) is 0 Å². The van der Waals surface area contributed by atoms with Crippen LogP contribution < -0.4 is 5.73 Å². The van der Waals surface area contributed by atoms with Crippen LogP contribution in [-0.4, -0.2) is 9.97 Å². The van der Waals surface area contributed by atoms with Gasteiger partial charge >= 0.3 is 0 Å². The number of anilines is 1. The zero-order valence-corrected chi connectivity index (χ0v) is 8.67. The molecule has 5 heteroatoms. The number of nitrogens with two attached hydrogens (primary N) is 1. The van der Waals surface area contributed by atoms with Crippen LogP contribution in [0.1, 0.15) is 17.7 Å². The van der Waals surface area contributed by atoms with E-state index in [-0.39, 0.29) is 5.56 Å². The molecule has 0 aliphatic carbocycles. The predicted molar refractivity (Wildman–Crippen MR) is 58.1 cm³/mol. The Hall–Kier alpha value is -1.91. The highest BCUT2D eigenvalue weighted by atomic mass is 19.3. The number of aryl methyl sites for hydroxylation is 1. The molecule has 84 valence electrons. The van der Waals surface area contributed by atoms with Crippen LogP contribution in [-0.2, 0) is 0 Å². The summed E-state index contributed by atoms with van der Waals surface area (Å²) in [7, 11) is 0. The SMILES string of the molecule is Cc1[nH]c(N)nc1-c1ccc(C(F)F)cc1. The van der Waals surface area contributed by atoms with E-state index in [0.29, 0.717) is 11.6 Å². The topological polar surface area (TPSA) is 54.7 Å². The number of hydrogen-bond acceptors (Lipinski definition) is 2. The number of nitrogens with one attached hydrogen (secondary N) is 1. The first-order valence-electron chi connectivity index (χ1n) is 4.78. The molecule has 0 radical (unpaired) electrons. The van der Waals surface area contributed by atoms with Gasteiger partial charge in [-0.15, -0.1) is 0 Å². The minimum atomic E-state index is -2.44. The Balaban J connectivity index is 2.38. The molecule has 1 heterocycles. The van der Waals surface area contributed by atoms with Crippen LogP contribution in [0.2, 0.25) is 0 Å². The standard InChI is InChI=1S/C11H11F2N3/c1-6-9(16-11(14)15-6)7-2-4-8(5-3-7)10(12)13/h2-5,10H,1H3,(H3,14,15,16). The number of rotatable bonds is 2. The Morgan fingerprint density at radius 1 is 1.25 bits per heavy atom. The largest absolute Gasteiger partial charge is 0.369 e. The molecule has 0 atom stereocenters. The van der Waals surface area contributed by atoms with E-state index in [1.165, 1.54) is 12.1 Å². The van der Waals surface area contributed by atoms with Crippen LogP contribution in [0.5, 0.6) is 0 Å². The van der Waals surface area contributed by atoms with Crippen molar-refractivity contribution >= 4 is 5.95 Å². The number of aromatic amines is 1. The second kappa shape index (κ2) is 3.92. The molecule has 2 aromatic rings. The van der Waals surface area contributed by atoms with E-state index in [4.69, 9.17) is 5.73 Å². The normalized spacial score (nSPS) is 11.0. The fraction of sp³-hybridized carbons (Fsp3) is 0.182. The van der Waals surface area contributed by atoms with Crippen molar-refractivity contribution in [3.05, 3.63) is 35.5 Å². The molecule has 0 bridgehead atoms. The van der Waals surface area contributed by atoms with Gasteiger partial charge in [0, 0.05) is 16.8 Å². The highest BCUT2D eigenvalue weighted by Crippen LogP contribution is 2.25. The number of nitrogens with zero attached hydrogens (tertiary/aromatic N) is 1. The van der Waals surface area contributed by atoms with Crippen molar-refractivity contribution in [1.82, 2.24) is 9.97 Å². The smallest absolute Gasteiger partial charge is 0.263 e. The summed E-state index contributed by atoms with van der Waals surface area (Å²) in [5.41, 5.74) is 7.80. The summed E-state index contributed by atoms with van der Waals surface area (Å²) >= 11 is 0. The van der Waals surface area contributed by atoms with Crippen molar-refractivity contribution in [2.75, 3.05) is 5.73 Å². The molecule has 2 rings (SSSR count). The summed E-state index contributed by atoms with van der Waals surface area (Å²) in [6, 6.07) is 6.02. The van der Waals surface area contributed by atoms with Gasteiger partial charge in [0.2, 0.25) is 0 Å². The average molecular weight is 223 g/mol. The zero-order valence-electron chi connectivity index (χ0n) is 8.67. The van der Waals surface area contributed by atoms with Gasteiger partial charge in [0.25, 0.3) is 6.43 Å². The number of benzene rings is 1. The van der Waals surface area contributed by atoms with Crippen molar-refractivity contribution in [3.8, 4) is 11.3 Å². The van der Waals surface area contributed by atoms with E-state index >= 15 is 0 Å². The highest BCUT2D eigenvalue weighted by molar-refractivity contribution is 5.63. The number of alkyl halides is 2. The molecule has 0 spiro atoms. The second-order valence-electron chi connectivity index (χ2n) is 3.52. The molecule has 1 aromatic heterocycles. The van der Waals surface area contributed by atoms with Crippen LogP contribution in [0.4, 0.5) is 14.7 Å². The summed E-state index contributed by atoms with van der Waals surface area (Å²) in [6.07, 6.45) is -2.44. The predicted octanol–water partition coefficient (Wildman–Crippen LogP) is 2.90. The fourth-order valence-corrected chi connectivity index (χ4v) is 1.55. The molecule has 0 amide bonds. The molecular weight excluding hydrogens is 212 g/mol. The number of nitrogen functional groups attached to an aromatic ring is 1. The molecule has 3 nitrogen and oxygen atoms in total. The third kappa shape index (κ3) is 1.88. The average Bonchev–Trinajstić information content (AvgIpc) is 2.58. The summed E-state index contributed by atoms with van der Waals surface area (Å²) in [5, 5.41) is 0. The van der Waals surface area contributed by atoms with E-state index < -0.39 is 6.43 Å². The summed E-state index contributed by atoms with van der Waals surface area (Å²) < 4.78 is 24.7. The maximum atomic E-state index is 12.3. The minimum Gasteiger partial charge on any atom is -0.369 e. The minimum absolute atomic E-state index is 0.00455. The van der Waals surface area contributed by atoms with Gasteiger partial charge in [-0.05, 0) is 6.92 Å². The van der Waals surface area contributed by atoms with Gasteiger partial charge in [-0.25, -0.2) is 13.8 Å². The van der Waals surface area contributed by atoms with Crippen LogP contribution in [0.3, 0.4) is 0 Å². The van der Waals surface area contributed by atoms with Crippen molar-refractivity contribution in [2.24, 2.45) is 0 Å². The van der Waals surface area contributed by atoms with Gasteiger partial charge in [-0.1, -0.05) is 24.3 Å². The van der Waals surface area contributed by atoms with E-state index in [1.54, 1.807) is 12.1 Å². The Labute approximate surface area is 91.3 Å². The Kier molecular flexibility index (Phi) is 2.60. The number of imidazole rings is 1. The summed E-state index contributed by atoms with van der Waals surface area (Å²) in [4.78, 5) is 6.95. The zero-order chi connectivity index (χ0) is 11.7. The Morgan fingerprint density at radius 3 is 2.31 bits per heavy atom. The number of aromatic nitrogens is 2. The molecular formula is C11H11F2N3. The van der Waals surface area contributed by atoms with Crippen LogP contribution in [0, 0.1) is 6.92 Å². The van der Waals surface area contributed by atoms with Gasteiger partial charge in [0.15, 0.2) is 5.95 Å². The first-order valence-corrected chi connectivity index (χ1v) is 4.78. The van der Waals surface area contributed by atoms with E-state index in [0.717, 1.165) is 11.3 Å². The van der Waals surface area contributed by atoms with Gasteiger partial charge in [-0.2, -0.15) is 0 Å². The maximum absolute atomic E-state index is 12.3. The second-order valence-corrected chi connectivity index (χ2v) is 3.52. The molecule has 3 N–H and O–H groups in total. The third-order valence-corrected chi connectivity index (χ3v) is 2.34. The third-order valence-electron chi connectivity index (χ3n) is 2.34. The number of hydrogen-bond donors (Lipinski definition) is 2. The van der Waals surface area contributed by atoms with Gasteiger partial charge in [0.1, 0.15) is 0 Å². The van der Waals surface area contributed by atoms with Crippen molar-refractivity contribution in [1.29, 1.82) is 0 Å². The molecule has 1 aromatic carbocycles. The molecule has 0 saturated carbocycles. The number of H-pyrrole nitrogens is 1. The lowest BCUT2D eigenvalue weighted by atomic mass is 10.1. The lowest BCUT2D eigenvalue weighted by Crippen LogP contribution is -1.86. The summed E-state index contributed by atoms with van der Waals surface area (Å²) in [6.45, 7) is 1.83. The molecule has 0 aliphatic heterocycles. The van der Waals surface area contributed by atoms with Crippen LogP contribution in [0.25, 0.3) is 11.3 Å². The first-order chi connectivity index (χ1) is 7.58. The van der Waals surface area contributed by atoms with Crippen molar-refractivity contribution in [2.45, 2.75) is 13.3 Å². The number of halogens is 2. The Morgan fingerprint density at radius 2 is 1.88 bits per heavy atom. The molecule has 0 fully saturated rings. The fourth-order valence-electron chi connectivity index (χ4n) is 1.55. The first kappa shape index (κ1) is 10.6. The molecule has 0 unspecified atom stereocenters. The Bertz CT molecular complexity index is 488. The van der Waals surface area contributed by atoms with Gasteiger partial charge in [0.05, 0.1) is 5.69 Å². The lowest BCUT2D eigenvalue weighted by Gasteiger charge is -2.01. The van der Waals surface area contributed by atoms with Crippen molar-refractivity contribution < 1.29 is 8.78 Å². The van der Waals surface area contributed by atoms with Gasteiger partial charge < -0.3 is 10.7 Å². The molecule has 0 aliphatic rings. The monoisotopic (exact) mass is 223 g/mol. The van der Waals surface area contributed by atoms with Crippen LogP contribution in [0.15, 0.2) is 24.3 Å². The lowest BCUT2D eigenvalue weighted by molar-refractivity contribution is 0.151.